The molecule has 0 N–H and O–H groups in total. The lowest BCUT2D eigenvalue weighted by atomic mass is 9.70. The summed E-state index contributed by atoms with van der Waals surface area (Å²) in [6.07, 6.45) is 2.34. The third-order valence-corrected chi connectivity index (χ3v) is 9.68. The van der Waals surface area contributed by atoms with Crippen molar-refractivity contribution in [3.8, 4) is 33.4 Å². The first-order chi connectivity index (χ1) is 20.3. The van der Waals surface area contributed by atoms with E-state index in [-0.39, 0.29) is 5.41 Å². The molecule has 5 aromatic carbocycles. The maximum atomic E-state index is 4.89. The second-order valence-electron chi connectivity index (χ2n) is 11.7. The fraction of sp³-hybridized carbons (Fsp3) is 0.184. The Hall–Kier alpha value is -4.63. The van der Waals surface area contributed by atoms with Gasteiger partial charge in [0.1, 0.15) is 0 Å². The van der Waals surface area contributed by atoms with Crippen molar-refractivity contribution in [3.63, 3.8) is 0 Å². The van der Waals surface area contributed by atoms with E-state index < -0.39 is 0 Å². The molecule has 2 heterocycles. The minimum atomic E-state index is -0.300. The highest BCUT2D eigenvalue weighted by Crippen LogP contribution is 2.62. The molecular weight excluding hydrogens is 498 g/mol. The predicted octanol–water partition coefficient (Wildman–Crippen LogP) is 7.97. The summed E-state index contributed by atoms with van der Waals surface area (Å²) in [5.41, 5.74) is 14.4. The lowest BCUT2D eigenvalue weighted by Gasteiger charge is -2.41. The standard InChI is InChI=1S/C38H31N3/c1-4-12-33-29(9-1)30-10-2-5-13-34(30)38(33)35-14-6-3-11-31(35)32-20-17-27(25-36(32)38)26-15-18-28(19-16-26)41-24-8-23-40-22-7-21-39-37(40)41/h1-6,9-20,25H,7-8,21-24H2. The Bertz CT molecular complexity index is 1800. The van der Waals surface area contributed by atoms with E-state index in [2.05, 4.69) is 125 Å². The van der Waals surface area contributed by atoms with Gasteiger partial charge in [0.25, 0.3) is 0 Å². The van der Waals surface area contributed by atoms with Crippen LogP contribution in [0.1, 0.15) is 35.1 Å². The summed E-state index contributed by atoms with van der Waals surface area (Å²) in [4.78, 5) is 9.76. The molecule has 2 aliphatic carbocycles. The van der Waals surface area contributed by atoms with Crippen LogP contribution in [-0.2, 0) is 5.41 Å². The van der Waals surface area contributed by atoms with Crippen LogP contribution in [-0.4, -0.2) is 37.0 Å². The SMILES string of the molecule is c1ccc2c(c1)-c1ccccc1C21c2ccccc2-c2ccc(-c3ccc(N4CCCN5CCCN=C54)cc3)cc21. The summed E-state index contributed by atoms with van der Waals surface area (Å²) in [5.74, 6) is 1.16. The van der Waals surface area contributed by atoms with Gasteiger partial charge in [0, 0.05) is 31.9 Å². The highest BCUT2D eigenvalue weighted by Gasteiger charge is 2.51. The van der Waals surface area contributed by atoms with E-state index in [1.54, 1.807) is 0 Å². The smallest absolute Gasteiger partial charge is 0.201 e. The quantitative estimate of drug-likeness (QED) is 0.226. The summed E-state index contributed by atoms with van der Waals surface area (Å²) in [7, 11) is 0. The van der Waals surface area contributed by atoms with Crippen molar-refractivity contribution in [2.75, 3.05) is 31.1 Å². The Morgan fingerprint density at radius 1 is 0.512 bits per heavy atom. The van der Waals surface area contributed by atoms with Gasteiger partial charge in [0.05, 0.1) is 5.41 Å². The number of benzene rings is 5. The zero-order chi connectivity index (χ0) is 27.0. The second kappa shape index (κ2) is 8.68. The lowest BCUT2D eigenvalue weighted by molar-refractivity contribution is 0.360. The average Bonchev–Trinajstić information content (AvgIpc) is 3.52. The molecule has 0 amide bonds. The van der Waals surface area contributed by atoms with Crippen LogP contribution in [0, 0.1) is 0 Å². The molecule has 0 unspecified atom stereocenters. The minimum absolute atomic E-state index is 0.300. The number of hydrogen-bond donors (Lipinski definition) is 0. The minimum Gasteiger partial charge on any atom is -0.342 e. The van der Waals surface area contributed by atoms with Crippen LogP contribution in [0.2, 0.25) is 0 Å². The van der Waals surface area contributed by atoms with Crippen molar-refractivity contribution >= 4 is 11.6 Å². The molecule has 2 aliphatic heterocycles. The number of nitrogens with zero attached hydrogens (tertiary/aromatic N) is 3. The summed E-state index contributed by atoms with van der Waals surface area (Å²) in [5, 5.41) is 0. The maximum Gasteiger partial charge on any atom is 0.201 e. The topological polar surface area (TPSA) is 18.8 Å². The van der Waals surface area contributed by atoms with E-state index in [1.165, 1.54) is 67.7 Å². The van der Waals surface area contributed by atoms with Crippen LogP contribution < -0.4 is 4.90 Å². The van der Waals surface area contributed by atoms with Gasteiger partial charge in [0.15, 0.2) is 0 Å². The molecule has 0 saturated carbocycles. The van der Waals surface area contributed by atoms with Gasteiger partial charge in [-0.1, -0.05) is 97.1 Å². The van der Waals surface area contributed by atoms with Gasteiger partial charge in [-0.25, -0.2) is 0 Å². The zero-order valence-corrected chi connectivity index (χ0v) is 23.1. The molecule has 1 fully saturated rings. The zero-order valence-electron chi connectivity index (χ0n) is 23.1. The first kappa shape index (κ1) is 23.1. The normalized spacial score (nSPS) is 17.4. The Kier molecular flexibility index (Phi) is 4.89. The summed E-state index contributed by atoms with van der Waals surface area (Å²) >= 11 is 0. The molecule has 3 heteroatoms. The molecule has 9 rings (SSSR count). The van der Waals surface area contributed by atoms with Gasteiger partial charge in [-0.3, -0.25) is 4.99 Å². The number of fused-ring (bicyclic) bond motifs is 11. The van der Waals surface area contributed by atoms with Crippen molar-refractivity contribution in [2.24, 2.45) is 4.99 Å². The Balaban J connectivity index is 1.19. The van der Waals surface area contributed by atoms with Crippen LogP contribution >= 0.6 is 0 Å². The van der Waals surface area contributed by atoms with Crippen molar-refractivity contribution < 1.29 is 0 Å². The molecule has 198 valence electrons. The lowest BCUT2D eigenvalue weighted by Crippen LogP contribution is -2.52. The van der Waals surface area contributed by atoms with Crippen molar-refractivity contribution in [3.05, 3.63) is 138 Å². The van der Waals surface area contributed by atoms with Crippen LogP contribution in [0.3, 0.4) is 0 Å². The Morgan fingerprint density at radius 3 is 1.73 bits per heavy atom. The third kappa shape index (κ3) is 3.12. The number of aliphatic imine (C=N–C) groups is 1. The molecule has 3 nitrogen and oxygen atoms in total. The predicted molar refractivity (Wildman–Crippen MR) is 169 cm³/mol. The highest BCUT2D eigenvalue weighted by atomic mass is 15.4. The molecule has 1 saturated heterocycles. The van der Waals surface area contributed by atoms with E-state index in [4.69, 9.17) is 4.99 Å². The van der Waals surface area contributed by atoms with Crippen molar-refractivity contribution in [1.82, 2.24) is 4.90 Å². The van der Waals surface area contributed by atoms with E-state index in [1.807, 2.05) is 0 Å². The van der Waals surface area contributed by atoms with Gasteiger partial charge in [-0.15, -0.1) is 0 Å². The number of hydrogen-bond acceptors (Lipinski definition) is 3. The second-order valence-corrected chi connectivity index (χ2v) is 11.7. The first-order valence-electron chi connectivity index (χ1n) is 15.0. The van der Waals surface area contributed by atoms with Gasteiger partial charge >= 0.3 is 0 Å². The van der Waals surface area contributed by atoms with Crippen molar-refractivity contribution in [1.29, 1.82) is 0 Å². The van der Waals surface area contributed by atoms with Gasteiger partial charge in [-0.05, 0) is 86.7 Å². The van der Waals surface area contributed by atoms with E-state index in [9.17, 15) is 0 Å². The van der Waals surface area contributed by atoms with Crippen LogP contribution in [0.25, 0.3) is 33.4 Å². The van der Waals surface area contributed by atoms with Crippen LogP contribution in [0.15, 0.2) is 120 Å². The molecule has 41 heavy (non-hydrogen) atoms. The fourth-order valence-electron chi connectivity index (χ4n) is 7.98. The maximum absolute atomic E-state index is 4.89. The average molecular weight is 530 g/mol. The van der Waals surface area contributed by atoms with Crippen molar-refractivity contribution in [2.45, 2.75) is 18.3 Å². The van der Waals surface area contributed by atoms with Gasteiger partial charge in [0.2, 0.25) is 5.96 Å². The summed E-state index contributed by atoms with van der Waals surface area (Å²) in [6.45, 7) is 4.22. The van der Waals surface area contributed by atoms with Gasteiger partial charge < -0.3 is 9.80 Å². The fourth-order valence-corrected chi connectivity index (χ4v) is 7.98. The monoisotopic (exact) mass is 529 g/mol. The van der Waals surface area contributed by atoms with Crippen LogP contribution in [0.4, 0.5) is 5.69 Å². The highest BCUT2D eigenvalue weighted by molar-refractivity contribution is 5.98. The van der Waals surface area contributed by atoms with Gasteiger partial charge in [-0.2, -0.15) is 0 Å². The molecule has 1 spiro atoms. The third-order valence-electron chi connectivity index (χ3n) is 9.68. The van der Waals surface area contributed by atoms with E-state index in [0.717, 1.165) is 38.6 Å². The first-order valence-corrected chi connectivity index (χ1v) is 15.0. The number of guanidine groups is 1. The number of anilines is 1. The van der Waals surface area contributed by atoms with Crippen LogP contribution in [0.5, 0.6) is 0 Å². The van der Waals surface area contributed by atoms with E-state index in [0.29, 0.717) is 0 Å². The van der Waals surface area contributed by atoms with E-state index >= 15 is 0 Å². The largest absolute Gasteiger partial charge is 0.342 e. The molecule has 0 bridgehead atoms. The molecular formula is C38H31N3. The molecule has 0 aromatic heterocycles. The molecule has 0 radical (unpaired) electrons. The summed E-state index contributed by atoms with van der Waals surface area (Å²) in [6, 6.07) is 43.4. The molecule has 4 aliphatic rings. The molecule has 5 aromatic rings. The Labute approximate surface area is 241 Å². The number of rotatable bonds is 2. The molecule has 0 atom stereocenters. The Morgan fingerprint density at radius 2 is 1.07 bits per heavy atom. The summed E-state index contributed by atoms with van der Waals surface area (Å²) < 4.78 is 0.